The fraction of sp³-hybridized carbons (Fsp3) is 0.222. The molecular weight excluding hydrogens is 297 g/mol. The van der Waals surface area contributed by atoms with Crippen molar-refractivity contribution >= 4 is 11.9 Å². The molecule has 0 aliphatic carbocycles. The fourth-order valence-corrected chi connectivity index (χ4v) is 2.31. The molecule has 0 aliphatic heterocycles. The second-order valence-corrected chi connectivity index (χ2v) is 5.27. The number of carboxylic acids is 1. The van der Waals surface area contributed by atoms with E-state index >= 15 is 0 Å². The summed E-state index contributed by atoms with van der Waals surface area (Å²) in [5, 5.41) is 11.7. The summed E-state index contributed by atoms with van der Waals surface area (Å²) < 4.78 is 13.0. The molecule has 2 rings (SSSR count). The predicted molar refractivity (Wildman–Crippen MR) is 84.3 cm³/mol. The largest absolute Gasteiger partial charge is 0.481 e. The first kappa shape index (κ1) is 16.7. The van der Waals surface area contributed by atoms with E-state index in [4.69, 9.17) is 5.11 Å². The summed E-state index contributed by atoms with van der Waals surface area (Å²) in [7, 11) is 0. The van der Waals surface area contributed by atoms with Crippen LogP contribution in [0.2, 0.25) is 0 Å². The molecule has 0 saturated heterocycles. The average molecular weight is 315 g/mol. The standard InChI is InChI=1S/C18H18FNO3/c19-15-8-6-14(7-9-15)16(10-11-18(22)23)20-17(21)12-13-4-2-1-3-5-13/h1-9,16H,10-12H2,(H,20,21)(H,22,23). The first-order chi connectivity index (χ1) is 11.0. The molecule has 1 amide bonds. The maximum atomic E-state index is 13.0. The van der Waals surface area contributed by atoms with Crippen LogP contribution in [-0.2, 0) is 16.0 Å². The van der Waals surface area contributed by atoms with Crippen LogP contribution in [0.4, 0.5) is 4.39 Å². The molecule has 0 fully saturated rings. The van der Waals surface area contributed by atoms with Crippen molar-refractivity contribution in [3.05, 3.63) is 71.5 Å². The molecule has 2 N–H and O–H groups in total. The summed E-state index contributed by atoms with van der Waals surface area (Å²) in [4.78, 5) is 23.0. The number of carbonyl (C=O) groups is 2. The molecule has 2 aromatic carbocycles. The number of amides is 1. The van der Waals surface area contributed by atoms with Gasteiger partial charge in [0.25, 0.3) is 0 Å². The van der Waals surface area contributed by atoms with Crippen LogP contribution in [-0.4, -0.2) is 17.0 Å². The van der Waals surface area contributed by atoms with Crippen molar-refractivity contribution in [2.24, 2.45) is 0 Å². The van der Waals surface area contributed by atoms with E-state index in [0.29, 0.717) is 5.56 Å². The zero-order chi connectivity index (χ0) is 16.7. The Morgan fingerprint density at radius 3 is 2.30 bits per heavy atom. The Hall–Kier alpha value is -2.69. The van der Waals surface area contributed by atoms with E-state index in [-0.39, 0.29) is 31.0 Å². The van der Waals surface area contributed by atoms with Gasteiger partial charge in [0.15, 0.2) is 0 Å². The number of rotatable bonds is 7. The Morgan fingerprint density at radius 1 is 1.04 bits per heavy atom. The zero-order valence-electron chi connectivity index (χ0n) is 12.5. The molecule has 23 heavy (non-hydrogen) atoms. The van der Waals surface area contributed by atoms with E-state index in [0.717, 1.165) is 5.56 Å². The van der Waals surface area contributed by atoms with Gasteiger partial charge in [-0.2, -0.15) is 0 Å². The molecule has 0 aliphatic rings. The van der Waals surface area contributed by atoms with Crippen LogP contribution in [0, 0.1) is 5.82 Å². The maximum Gasteiger partial charge on any atom is 0.303 e. The Balaban J connectivity index is 2.05. The average Bonchev–Trinajstić information content (AvgIpc) is 2.53. The van der Waals surface area contributed by atoms with Gasteiger partial charge in [0.2, 0.25) is 5.91 Å². The molecule has 0 spiro atoms. The lowest BCUT2D eigenvalue weighted by atomic mass is 10.0. The third-order valence-electron chi connectivity index (χ3n) is 3.46. The number of halogens is 1. The van der Waals surface area contributed by atoms with E-state index < -0.39 is 12.0 Å². The smallest absolute Gasteiger partial charge is 0.303 e. The molecule has 0 bridgehead atoms. The molecule has 1 unspecified atom stereocenters. The van der Waals surface area contributed by atoms with Crippen molar-refractivity contribution in [1.82, 2.24) is 5.32 Å². The van der Waals surface area contributed by atoms with E-state index in [9.17, 15) is 14.0 Å². The summed E-state index contributed by atoms with van der Waals surface area (Å²) in [6, 6.07) is 14.5. The molecule has 0 aromatic heterocycles. The third-order valence-corrected chi connectivity index (χ3v) is 3.46. The maximum absolute atomic E-state index is 13.0. The van der Waals surface area contributed by atoms with E-state index in [2.05, 4.69) is 5.32 Å². The van der Waals surface area contributed by atoms with Crippen LogP contribution < -0.4 is 5.32 Å². The normalized spacial score (nSPS) is 11.7. The number of hydrogen-bond acceptors (Lipinski definition) is 2. The van der Waals surface area contributed by atoms with Gasteiger partial charge < -0.3 is 10.4 Å². The first-order valence-electron chi connectivity index (χ1n) is 7.35. The van der Waals surface area contributed by atoms with Crippen molar-refractivity contribution in [2.75, 3.05) is 0 Å². The number of nitrogens with one attached hydrogen (secondary N) is 1. The van der Waals surface area contributed by atoms with Crippen LogP contribution in [0.15, 0.2) is 54.6 Å². The van der Waals surface area contributed by atoms with Gasteiger partial charge >= 0.3 is 5.97 Å². The summed E-state index contributed by atoms with van der Waals surface area (Å²) in [6.07, 6.45) is 0.390. The minimum absolute atomic E-state index is 0.0757. The van der Waals surface area contributed by atoms with Gasteiger partial charge in [0, 0.05) is 6.42 Å². The monoisotopic (exact) mass is 315 g/mol. The second kappa shape index (κ2) is 8.08. The number of benzene rings is 2. The summed E-state index contributed by atoms with van der Waals surface area (Å²) in [5.74, 6) is -1.51. The first-order valence-corrected chi connectivity index (χ1v) is 7.35. The van der Waals surface area contributed by atoms with E-state index in [1.54, 1.807) is 12.1 Å². The van der Waals surface area contributed by atoms with Crippen LogP contribution >= 0.6 is 0 Å². The quantitative estimate of drug-likeness (QED) is 0.825. The Labute approximate surface area is 134 Å². The second-order valence-electron chi connectivity index (χ2n) is 5.27. The molecular formula is C18H18FNO3. The molecule has 0 radical (unpaired) electrons. The van der Waals surface area contributed by atoms with Gasteiger partial charge in [-0.05, 0) is 29.7 Å². The Kier molecular flexibility index (Phi) is 5.86. The van der Waals surface area contributed by atoms with Crippen LogP contribution in [0.25, 0.3) is 0 Å². The molecule has 0 heterocycles. The van der Waals surface area contributed by atoms with Crippen LogP contribution in [0.5, 0.6) is 0 Å². The van der Waals surface area contributed by atoms with E-state index in [1.165, 1.54) is 12.1 Å². The van der Waals surface area contributed by atoms with Crippen LogP contribution in [0.3, 0.4) is 0 Å². The van der Waals surface area contributed by atoms with Gasteiger partial charge in [0.1, 0.15) is 5.82 Å². The van der Waals surface area contributed by atoms with Crippen molar-refractivity contribution in [2.45, 2.75) is 25.3 Å². The molecule has 0 saturated carbocycles. The molecule has 1 atom stereocenters. The summed E-state index contributed by atoms with van der Waals surface area (Å²) in [6.45, 7) is 0. The third kappa shape index (κ3) is 5.54. The molecule has 5 heteroatoms. The highest BCUT2D eigenvalue weighted by atomic mass is 19.1. The number of carbonyl (C=O) groups excluding carboxylic acids is 1. The predicted octanol–water partition coefficient (Wildman–Crippen LogP) is 3.09. The Bertz CT molecular complexity index is 656. The molecule has 120 valence electrons. The zero-order valence-corrected chi connectivity index (χ0v) is 12.5. The van der Waals surface area contributed by atoms with Crippen molar-refractivity contribution in [1.29, 1.82) is 0 Å². The van der Waals surface area contributed by atoms with Crippen molar-refractivity contribution < 1.29 is 19.1 Å². The topological polar surface area (TPSA) is 66.4 Å². The summed E-state index contributed by atoms with van der Waals surface area (Å²) >= 11 is 0. The van der Waals surface area contributed by atoms with Gasteiger partial charge in [0.05, 0.1) is 12.5 Å². The minimum Gasteiger partial charge on any atom is -0.481 e. The SMILES string of the molecule is O=C(O)CCC(NC(=O)Cc1ccccc1)c1ccc(F)cc1. The van der Waals surface area contributed by atoms with Crippen LogP contribution in [0.1, 0.15) is 30.0 Å². The van der Waals surface area contributed by atoms with Crippen molar-refractivity contribution in [3.8, 4) is 0 Å². The number of hydrogen-bond donors (Lipinski definition) is 2. The highest BCUT2D eigenvalue weighted by Crippen LogP contribution is 2.19. The fourth-order valence-electron chi connectivity index (χ4n) is 2.31. The molecule has 4 nitrogen and oxygen atoms in total. The van der Waals surface area contributed by atoms with Gasteiger partial charge in [-0.15, -0.1) is 0 Å². The lowest BCUT2D eigenvalue weighted by Crippen LogP contribution is -2.30. The lowest BCUT2D eigenvalue weighted by molar-refractivity contribution is -0.137. The number of carboxylic acid groups (broad SMARTS) is 1. The van der Waals surface area contributed by atoms with Gasteiger partial charge in [-0.3, -0.25) is 9.59 Å². The van der Waals surface area contributed by atoms with Crippen molar-refractivity contribution in [3.63, 3.8) is 0 Å². The summed E-state index contributed by atoms with van der Waals surface area (Å²) in [5.41, 5.74) is 1.56. The van der Waals surface area contributed by atoms with Gasteiger partial charge in [-0.1, -0.05) is 42.5 Å². The highest BCUT2D eigenvalue weighted by molar-refractivity contribution is 5.79. The van der Waals surface area contributed by atoms with E-state index in [1.807, 2.05) is 30.3 Å². The number of aliphatic carboxylic acids is 1. The van der Waals surface area contributed by atoms with Gasteiger partial charge in [-0.25, -0.2) is 4.39 Å². The minimum atomic E-state index is -0.936. The Morgan fingerprint density at radius 2 is 1.70 bits per heavy atom. The highest BCUT2D eigenvalue weighted by Gasteiger charge is 2.16. The lowest BCUT2D eigenvalue weighted by Gasteiger charge is -2.18. The molecule has 2 aromatic rings.